The number of carbonyl (C=O) groups excluding carboxylic acids is 1. The van der Waals surface area contributed by atoms with Gasteiger partial charge in [0, 0.05) is 18.1 Å². The maximum Gasteiger partial charge on any atom is 0.224 e. The summed E-state index contributed by atoms with van der Waals surface area (Å²) in [4.78, 5) is 12.5. The minimum Gasteiger partial charge on any atom is -0.352 e. The summed E-state index contributed by atoms with van der Waals surface area (Å²) >= 11 is 5.84. The Hall–Kier alpha value is -3.18. The molecule has 0 radical (unpaired) electrons. The second-order valence-electron chi connectivity index (χ2n) is 6.19. The summed E-state index contributed by atoms with van der Waals surface area (Å²) in [6, 6.07) is 21.3. The van der Waals surface area contributed by atoms with Gasteiger partial charge in [-0.1, -0.05) is 60.1 Å². The van der Waals surface area contributed by atoms with Crippen LogP contribution in [0.4, 0.5) is 0 Å². The summed E-state index contributed by atoms with van der Waals surface area (Å²) in [6.45, 7) is 0.515. The summed E-state index contributed by atoms with van der Waals surface area (Å²) in [5.41, 5.74) is 2.98. The number of aromatic nitrogens is 3. The van der Waals surface area contributed by atoms with Gasteiger partial charge in [0.2, 0.25) is 5.91 Å². The monoisotopic (exact) mass is 376 g/mol. The molecule has 0 bridgehead atoms. The highest BCUT2D eigenvalue weighted by molar-refractivity contribution is 6.29. The van der Waals surface area contributed by atoms with Crippen molar-refractivity contribution in [3.63, 3.8) is 0 Å². The van der Waals surface area contributed by atoms with Gasteiger partial charge in [-0.2, -0.15) is 0 Å². The van der Waals surface area contributed by atoms with Crippen LogP contribution >= 0.6 is 11.6 Å². The number of hydrogen-bond acceptors (Lipinski definition) is 3. The van der Waals surface area contributed by atoms with Crippen molar-refractivity contribution in [2.75, 3.05) is 0 Å². The van der Waals surface area contributed by atoms with Gasteiger partial charge < -0.3 is 5.32 Å². The van der Waals surface area contributed by atoms with Crippen molar-refractivity contribution in [1.29, 1.82) is 0 Å². The highest BCUT2D eigenvalue weighted by atomic mass is 35.5. The van der Waals surface area contributed by atoms with Gasteiger partial charge in [0.1, 0.15) is 0 Å². The van der Waals surface area contributed by atoms with Gasteiger partial charge in [-0.05, 0) is 29.3 Å². The molecule has 2 aromatic heterocycles. The lowest BCUT2D eigenvalue weighted by molar-refractivity contribution is -0.120. The summed E-state index contributed by atoms with van der Waals surface area (Å²) in [7, 11) is 0. The maximum atomic E-state index is 12.5. The largest absolute Gasteiger partial charge is 0.352 e. The van der Waals surface area contributed by atoms with E-state index in [0.717, 1.165) is 22.0 Å². The molecule has 0 aliphatic rings. The molecule has 2 heterocycles. The Kier molecular flexibility index (Phi) is 4.85. The minimum atomic E-state index is -0.0241. The first-order chi connectivity index (χ1) is 13.2. The minimum absolute atomic E-state index is 0.0241. The number of carbonyl (C=O) groups is 1. The molecule has 27 heavy (non-hydrogen) atoms. The Morgan fingerprint density at radius 3 is 2.52 bits per heavy atom. The van der Waals surface area contributed by atoms with E-state index in [1.165, 1.54) is 0 Å². The number of nitrogens with one attached hydrogen (secondary N) is 1. The Balaban J connectivity index is 1.58. The van der Waals surface area contributed by atoms with E-state index in [9.17, 15) is 4.79 Å². The molecule has 4 rings (SSSR count). The van der Waals surface area contributed by atoms with Crippen LogP contribution in [0, 0.1) is 0 Å². The number of fused-ring (bicyclic) bond motifs is 1. The Morgan fingerprint density at radius 1 is 0.963 bits per heavy atom. The average molecular weight is 377 g/mol. The predicted molar refractivity (Wildman–Crippen MR) is 106 cm³/mol. The second kappa shape index (κ2) is 7.60. The van der Waals surface area contributed by atoms with Crippen molar-refractivity contribution in [2.24, 2.45) is 0 Å². The molecule has 4 aromatic rings. The fourth-order valence-corrected chi connectivity index (χ4v) is 3.15. The van der Waals surface area contributed by atoms with Gasteiger partial charge in [-0.25, -0.2) is 0 Å². The van der Waals surface area contributed by atoms with Crippen LogP contribution < -0.4 is 5.32 Å². The number of hydrogen-bond donors (Lipinski definition) is 1. The van der Waals surface area contributed by atoms with Crippen molar-refractivity contribution < 1.29 is 4.79 Å². The third-order valence-corrected chi connectivity index (χ3v) is 4.54. The molecule has 0 saturated heterocycles. The van der Waals surface area contributed by atoms with Crippen LogP contribution in [-0.2, 0) is 17.8 Å². The van der Waals surface area contributed by atoms with Gasteiger partial charge in [-0.15, -0.1) is 10.2 Å². The molecule has 5 nitrogen and oxygen atoms in total. The Bertz CT molecular complexity index is 1070. The van der Waals surface area contributed by atoms with Gasteiger partial charge in [0.25, 0.3) is 0 Å². The molecule has 134 valence electrons. The van der Waals surface area contributed by atoms with Crippen LogP contribution in [0.25, 0.3) is 16.7 Å². The molecule has 0 atom stereocenters. The number of halogens is 1. The standard InChI is InChI=1S/C21H17ClN4O/c22-19-10-11-20(25-24-19)26-14-16(17-8-4-5-9-18(17)26)12-21(27)23-13-15-6-2-1-3-7-15/h1-11,14H,12-13H2,(H,23,27). The first kappa shape index (κ1) is 17.2. The molecular formula is C21H17ClN4O. The van der Waals surface area contributed by atoms with E-state index >= 15 is 0 Å². The van der Waals surface area contributed by atoms with Crippen molar-refractivity contribution in [2.45, 2.75) is 13.0 Å². The number of rotatable bonds is 5. The number of nitrogens with zero attached hydrogens (tertiary/aromatic N) is 3. The van der Waals surface area contributed by atoms with Crippen molar-refractivity contribution in [3.05, 3.63) is 89.2 Å². The SMILES string of the molecule is O=C(Cc1cn(-c2ccc(Cl)nn2)c2ccccc12)NCc1ccccc1. The summed E-state index contributed by atoms with van der Waals surface area (Å²) in [5.74, 6) is 0.635. The van der Waals surface area contributed by atoms with E-state index in [-0.39, 0.29) is 5.91 Å². The smallest absolute Gasteiger partial charge is 0.224 e. The summed E-state index contributed by atoms with van der Waals surface area (Å²) in [5, 5.41) is 12.4. The normalized spacial score (nSPS) is 10.9. The lowest BCUT2D eigenvalue weighted by Crippen LogP contribution is -2.24. The Morgan fingerprint density at radius 2 is 1.74 bits per heavy atom. The van der Waals surface area contributed by atoms with E-state index in [1.807, 2.05) is 65.4 Å². The zero-order valence-corrected chi connectivity index (χ0v) is 15.2. The molecule has 0 fully saturated rings. The van der Waals surface area contributed by atoms with Gasteiger partial charge in [0.15, 0.2) is 11.0 Å². The lowest BCUT2D eigenvalue weighted by atomic mass is 10.1. The van der Waals surface area contributed by atoms with E-state index in [2.05, 4.69) is 15.5 Å². The Labute approximate surface area is 161 Å². The van der Waals surface area contributed by atoms with Crippen molar-refractivity contribution in [1.82, 2.24) is 20.1 Å². The van der Waals surface area contributed by atoms with E-state index < -0.39 is 0 Å². The predicted octanol–water partition coefficient (Wildman–Crippen LogP) is 3.93. The molecule has 0 unspecified atom stereocenters. The molecule has 1 amide bonds. The van der Waals surface area contributed by atoms with Crippen LogP contribution in [0.2, 0.25) is 5.15 Å². The zero-order valence-electron chi connectivity index (χ0n) is 14.5. The fourth-order valence-electron chi connectivity index (χ4n) is 3.05. The van der Waals surface area contributed by atoms with Crippen LogP contribution in [-0.4, -0.2) is 20.7 Å². The lowest BCUT2D eigenvalue weighted by Gasteiger charge is -2.05. The van der Waals surface area contributed by atoms with Gasteiger partial charge in [0.05, 0.1) is 11.9 Å². The molecule has 1 N–H and O–H groups in total. The topological polar surface area (TPSA) is 59.8 Å². The second-order valence-corrected chi connectivity index (χ2v) is 6.58. The molecule has 0 spiro atoms. The van der Waals surface area contributed by atoms with Crippen LogP contribution in [0.3, 0.4) is 0 Å². The van der Waals surface area contributed by atoms with Crippen LogP contribution in [0.5, 0.6) is 0 Å². The number of para-hydroxylation sites is 1. The maximum absolute atomic E-state index is 12.5. The molecule has 2 aromatic carbocycles. The quantitative estimate of drug-likeness (QED) is 0.574. The molecule has 6 heteroatoms. The highest BCUT2D eigenvalue weighted by Gasteiger charge is 2.13. The van der Waals surface area contributed by atoms with E-state index in [0.29, 0.717) is 23.9 Å². The van der Waals surface area contributed by atoms with E-state index in [4.69, 9.17) is 11.6 Å². The van der Waals surface area contributed by atoms with Crippen molar-refractivity contribution >= 4 is 28.4 Å². The molecule has 0 saturated carbocycles. The summed E-state index contributed by atoms with van der Waals surface area (Å²) in [6.07, 6.45) is 2.23. The molecular weight excluding hydrogens is 360 g/mol. The molecule has 0 aliphatic carbocycles. The highest BCUT2D eigenvalue weighted by Crippen LogP contribution is 2.24. The zero-order chi connectivity index (χ0) is 18.6. The first-order valence-corrected chi connectivity index (χ1v) is 8.98. The van der Waals surface area contributed by atoms with Gasteiger partial charge >= 0.3 is 0 Å². The summed E-state index contributed by atoms with van der Waals surface area (Å²) < 4.78 is 1.93. The number of benzene rings is 2. The number of amides is 1. The van der Waals surface area contributed by atoms with Crippen LogP contribution in [0.15, 0.2) is 72.9 Å². The average Bonchev–Trinajstić information content (AvgIpc) is 3.06. The van der Waals surface area contributed by atoms with Crippen LogP contribution in [0.1, 0.15) is 11.1 Å². The fraction of sp³-hybridized carbons (Fsp3) is 0.0952. The first-order valence-electron chi connectivity index (χ1n) is 8.60. The van der Waals surface area contributed by atoms with Crippen molar-refractivity contribution in [3.8, 4) is 5.82 Å². The third kappa shape index (κ3) is 3.83. The third-order valence-electron chi connectivity index (χ3n) is 4.34. The van der Waals surface area contributed by atoms with E-state index in [1.54, 1.807) is 12.1 Å². The molecule has 0 aliphatic heterocycles. The van der Waals surface area contributed by atoms with Gasteiger partial charge in [-0.3, -0.25) is 9.36 Å².